The Morgan fingerprint density at radius 3 is 2.30 bits per heavy atom. The number of carbonyl (C=O) groups is 1. The van der Waals surface area contributed by atoms with Gasteiger partial charge >= 0.3 is 12.2 Å². The Morgan fingerprint density at radius 2 is 1.60 bits per heavy atom. The molecule has 2 aromatic heterocycles. The third-order valence-corrected chi connectivity index (χ3v) is 7.02. The van der Waals surface area contributed by atoms with E-state index >= 15 is 0 Å². The Bertz CT molecular complexity index is 1850. The molecule has 13 heteroatoms. The van der Waals surface area contributed by atoms with Crippen LogP contribution in [0.5, 0.6) is 0 Å². The first kappa shape index (κ1) is 26.8. The molecule has 3 N–H and O–H groups in total. The average molecular weight is 570 g/mol. The summed E-state index contributed by atoms with van der Waals surface area (Å²) in [4.78, 5) is 16.9. The van der Waals surface area contributed by atoms with E-state index in [1.807, 2.05) is 0 Å². The second-order valence-corrected chi connectivity index (χ2v) is 10.9. The molecule has 0 fully saturated rings. The van der Waals surface area contributed by atoms with E-state index in [4.69, 9.17) is 0 Å². The van der Waals surface area contributed by atoms with Crippen LogP contribution in [0, 0.1) is 5.82 Å². The molecule has 0 aliphatic heterocycles. The van der Waals surface area contributed by atoms with Crippen molar-refractivity contribution >= 4 is 38.3 Å². The molecule has 0 saturated carbocycles. The summed E-state index contributed by atoms with van der Waals surface area (Å²) >= 11 is 0. The number of benzene rings is 3. The molecule has 0 aliphatic rings. The number of sulfone groups is 1. The van der Waals surface area contributed by atoms with Crippen LogP contribution in [0.4, 0.5) is 33.7 Å². The minimum Gasteiger partial charge on any atom is -0.308 e. The lowest BCUT2D eigenvalue weighted by molar-refractivity contribution is -0.137. The molecule has 0 spiro atoms. The van der Waals surface area contributed by atoms with Gasteiger partial charge in [0.15, 0.2) is 15.5 Å². The molecule has 40 heavy (non-hydrogen) atoms. The van der Waals surface area contributed by atoms with Gasteiger partial charge in [0, 0.05) is 40.3 Å². The number of anilines is 2. The molecular weight excluding hydrogens is 550 g/mol. The first-order chi connectivity index (χ1) is 18.9. The number of hydrogen-bond donors (Lipinski definition) is 3. The van der Waals surface area contributed by atoms with Gasteiger partial charge in [-0.3, -0.25) is 5.10 Å². The molecule has 3 aromatic carbocycles. The number of carbonyl (C=O) groups excluding carboxylic acids is 1. The maximum Gasteiger partial charge on any atom is 0.416 e. The van der Waals surface area contributed by atoms with Gasteiger partial charge in [0.2, 0.25) is 0 Å². The van der Waals surface area contributed by atoms with Crippen LogP contribution in [0.3, 0.4) is 0 Å². The molecule has 0 radical (unpaired) electrons. The van der Waals surface area contributed by atoms with Crippen molar-refractivity contribution in [1.29, 1.82) is 0 Å². The molecular formula is C27H19F4N5O3S. The fourth-order valence-electron chi connectivity index (χ4n) is 4.02. The van der Waals surface area contributed by atoms with E-state index in [2.05, 4.69) is 25.8 Å². The number of alkyl halides is 3. The number of urea groups is 1. The number of H-pyrrole nitrogens is 1. The topological polar surface area (TPSA) is 117 Å². The predicted molar refractivity (Wildman–Crippen MR) is 142 cm³/mol. The first-order valence-electron chi connectivity index (χ1n) is 11.6. The number of pyridine rings is 1. The molecule has 0 aliphatic carbocycles. The zero-order valence-corrected chi connectivity index (χ0v) is 21.4. The molecule has 204 valence electrons. The van der Waals surface area contributed by atoms with Crippen LogP contribution in [-0.4, -0.2) is 35.9 Å². The summed E-state index contributed by atoms with van der Waals surface area (Å²) in [6, 6.07) is 14.9. The van der Waals surface area contributed by atoms with Crippen LogP contribution in [0.2, 0.25) is 0 Å². The standard InChI is InChI=1S/C27H19F4N5O3S/c1-40(38,39)22-4-2-3-15(11-22)17-12-23-24(35-36-25(23)32-14-17)16-9-19(28)13-21(10-16)34-26(37)33-20-7-5-18(6-8-20)27(29,30)31/h2-14H,1H3,(H,32,35,36)(H2,33,34,37). The van der Waals surface area contributed by atoms with E-state index in [0.717, 1.165) is 36.6 Å². The summed E-state index contributed by atoms with van der Waals surface area (Å²) in [5.74, 6) is -0.677. The number of aromatic nitrogens is 3. The highest BCUT2D eigenvalue weighted by Gasteiger charge is 2.30. The molecule has 0 unspecified atom stereocenters. The predicted octanol–water partition coefficient (Wildman–Crippen LogP) is 6.50. The van der Waals surface area contributed by atoms with Crippen LogP contribution in [0.1, 0.15) is 5.56 Å². The Hall–Kier alpha value is -4.78. The van der Waals surface area contributed by atoms with Crippen molar-refractivity contribution in [1.82, 2.24) is 15.2 Å². The van der Waals surface area contributed by atoms with Gasteiger partial charge in [-0.2, -0.15) is 18.3 Å². The summed E-state index contributed by atoms with van der Waals surface area (Å²) in [7, 11) is -3.43. The molecule has 0 saturated heterocycles. The number of fused-ring (bicyclic) bond motifs is 1. The summed E-state index contributed by atoms with van der Waals surface area (Å²) in [6.45, 7) is 0. The van der Waals surface area contributed by atoms with Gasteiger partial charge in [0.25, 0.3) is 0 Å². The molecule has 5 aromatic rings. The van der Waals surface area contributed by atoms with Crippen LogP contribution in [0.15, 0.2) is 83.9 Å². The number of rotatable bonds is 5. The number of nitrogens with one attached hydrogen (secondary N) is 3. The van der Waals surface area contributed by atoms with E-state index in [1.165, 1.54) is 24.3 Å². The van der Waals surface area contributed by atoms with Gasteiger partial charge in [-0.05, 0) is 66.2 Å². The van der Waals surface area contributed by atoms with Crippen LogP contribution in [-0.2, 0) is 16.0 Å². The molecule has 0 bridgehead atoms. The van der Waals surface area contributed by atoms with Gasteiger partial charge in [-0.1, -0.05) is 12.1 Å². The Labute approximate surface area is 225 Å². The van der Waals surface area contributed by atoms with Gasteiger partial charge in [0.05, 0.1) is 10.5 Å². The zero-order chi connectivity index (χ0) is 28.7. The van der Waals surface area contributed by atoms with E-state index in [1.54, 1.807) is 24.4 Å². The number of halogens is 4. The summed E-state index contributed by atoms with van der Waals surface area (Å²) in [6.07, 6.45) is -1.84. The van der Waals surface area contributed by atoms with E-state index in [-0.39, 0.29) is 16.3 Å². The highest BCUT2D eigenvalue weighted by Crippen LogP contribution is 2.32. The zero-order valence-electron chi connectivity index (χ0n) is 20.5. The molecule has 2 heterocycles. The Morgan fingerprint density at radius 1 is 0.875 bits per heavy atom. The number of nitrogens with zero attached hydrogens (tertiary/aromatic N) is 2. The monoisotopic (exact) mass is 569 g/mol. The summed E-state index contributed by atoms with van der Waals surface area (Å²) < 4.78 is 76.8. The Balaban J connectivity index is 1.42. The van der Waals surface area contributed by atoms with Crippen molar-refractivity contribution in [3.05, 3.63) is 90.4 Å². The van der Waals surface area contributed by atoms with E-state index in [0.29, 0.717) is 33.4 Å². The van der Waals surface area contributed by atoms with Crippen molar-refractivity contribution in [2.45, 2.75) is 11.1 Å². The maximum absolute atomic E-state index is 14.6. The van der Waals surface area contributed by atoms with Crippen molar-refractivity contribution in [2.75, 3.05) is 16.9 Å². The largest absolute Gasteiger partial charge is 0.416 e. The maximum atomic E-state index is 14.6. The Kier molecular flexibility index (Phi) is 6.75. The number of hydrogen-bond acceptors (Lipinski definition) is 5. The second-order valence-electron chi connectivity index (χ2n) is 8.88. The normalized spacial score (nSPS) is 11.9. The minimum atomic E-state index is -4.51. The van der Waals surface area contributed by atoms with Gasteiger partial charge in [0.1, 0.15) is 11.5 Å². The number of aromatic amines is 1. The third-order valence-electron chi connectivity index (χ3n) is 5.91. The first-order valence-corrected chi connectivity index (χ1v) is 13.5. The van der Waals surface area contributed by atoms with E-state index in [9.17, 15) is 30.8 Å². The lowest BCUT2D eigenvalue weighted by atomic mass is 10.0. The van der Waals surface area contributed by atoms with Crippen LogP contribution < -0.4 is 10.6 Å². The molecule has 2 amide bonds. The highest BCUT2D eigenvalue weighted by atomic mass is 32.2. The van der Waals surface area contributed by atoms with Crippen LogP contribution >= 0.6 is 0 Å². The lowest BCUT2D eigenvalue weighted by Crippen LogP contribution is -2.19. The fourth-order valence-corrected chi connectivity index (χ4v) is 4.69. The highest BCUT2D eigenvalue weighted by molar-refractivity contribution is 7.90. The SMILES string of the molecule is CS(=O)(=O)c1cccc(-c2cnc3[nH]nc(-c4cc(F)cc(NC(=O)Nc5ccc(C(F)(F)F)cc5)c4)c3c2)c1. The van der Waals surface area contributed by atoms with Crippen molar-refractivity contribution in [2.24, 2.45) is 0 Å². The molecule has 8 nitrogen and oxygen atoms in total. The van der Waals surface area contributed by atoms with Gasteiger partial charge < -0.3 is 10.6 Å². The van der Waals surface area contributed by atoms with Crippen LogP contribution in [0.25, 0.3) is 33.4 Å². The lowest BCUT2D eigenvalue weighted by Gasteiger charge is -2.11. The van der Waals surface area contributed by atoms with Gasteiger partial charge in [-0.15, -0.1) is 0 Å². The van der Waals surface area contributed by atoms with E-state index < -0.39 is 33.4 Å². The third kappa shape index (κ3) is 5.78. The quantitative estimate of drug-likeness (QED) is 0.209. The number of amides is 2. The van der Waals surface area contributed by atoms with Crippen molar-refractivity contribution < 1.29 is 30.8 Å². The smallest absolute Gasteiger partial charge is 0.308 e. The fraction of sp³-hybridized carbons (Fsp3) is 0.0741. The van der Waals surface area contributed by atoms with Gasteiger partial charge in [-0.25, -0.2) is 22.6 Å². The van der Waals surface area contributed by atoms with Crippen molar-refractivity contribution in [3.8, 4) is 22.4 Å². The molecule has 5 rings (SSSR count). The summed E-state index contributed by atoms with van der Waals surface area (Å²) in [5, 5.41) is 12.4. The second kappa shape index (κ2) is 10.1. The average Bonchev–Trinajstić information content (AvgIpc) is 3.31. The minimum absolute atomic E-state index is 0.0699. The molecule has 0 atom stereocenters. The summed E-state index contributed by atoms with van der Waals surface area (Å²) in [5.41, 5.74) is 1.56. The van der Waals surface area contributed by atoms with Crippen molar-refractivity contribution in [3.63, 3.8) is 0 Å².